The van der Waals surface area contributed by atoms with Gasteiger partial charge in [-0.2, -0.15) is 0 Å². The summed E-state index contributed by atoms with van der Waals surface area (Å²) in [7, 11) is 1.63. The van der Waals surface area contributed by atoms with Crippen molar-refractivity contribution in [1.29, 1.82) is 0 Å². The number of ether oxygens (including phenoxy) is 1. The number of piperazine rings is 1. The monoisotopic (exact) mass is 365 g/mol. The number of amides is 1. The highest BCUT2D eigenvalue weighted by atomic mass is 16.5. The number of fused-ring (bicyclic) bond motifs is 1. The van der Waals surface area contributed by atoms with Crippen molar-refractivity contribution >= 4 is 16.9 Å². The minimum Gasteiger partial charge on any atom is -0.497 e. The van der Waals surface area contributed by atoms with E-state index in [0.717, 1.165) is 55.0 Å². The van der Waals surface area contributed by atoms with Gasteiger partial charge in [-0.25, -0.2) is 0 Å². The predicted molar refractivity (Wildman–Crippen MR) is 103 cm³/mol. The second-order valence-electron chi connectivity index (χ2n) is 6.82. The number of methoxy groups -OCH3 is 1. The molecule has 1 aliphatic heterocycles. The summed E-state index contributed by atoms with van der Waals surface area (Å²) in [4.78, 5) is 21.2. The SMILES string of the molecule is COc1ccc2c(CC(=O)N3CCN(Cc4cccnc4)CC3)coc2c1. The van der Waals surface area contributed by atoms with Gasteiger partial charge in [0.25, 0.3) is 0 Å². The Kier molecular flexibility index (Phi) is 5.07. The zero-order chi connectivity index (χ0) is 18.6. The number of aromatic nitrogens is 1. The Hall–Kier alpha value is -2.86. The average Bonchev–Trinajstić information content (AvgIpc) is 3.11. The lowest BCUT2D eigenvalue weighted by Crippen LogP contribution is -2.48. The molecule has 3 aromatic rings. The van der Waals surface area contributed by atoms with Crippen LogP contribution in [0.5, 0.6) is 5.75 Å². The van der Waals surface area contributed by atoms with Gasteiger partial charge in [-0.3, -0.25) is 14.7 Å². The van der Waals surface area contributed by atoms with E-state index >= 15 is 0 Å². The number of carbonyl (C=O) groups excluding carboxylic acids is 1. The number of nitrogens with zero attached hydrogens (tertiary/aromatic N) is 3. The molecule has 6 heteroatoms. The summed E-state index contributed by atoms with van der Waals surface area (Å²) in [5, 5.41) is 0.972. The van der Waals surface area contributed by atoms with Gasteiger partial charge in [-0.15, -0.1) is 0 Å². The van der Waals surface area contributed by atoms with Crippen LogP contribution in [0.15, 0.2) is 53.4 Å². The van der Waals surface area contributed by atoms with Crippen molar-refractivity contribution in [2.75, 3.05) is 33.3 Å². The van der Waals surface area contributed by atoms with Crippen molar-refractivity contribution in [3.8, 4) is 5.75 Å². The molecule has 1 aromatic carbocycles. The summed E-state index contributed by atoms with van der Waals surface area (Å²) >= 11 is 0. The maximum atomic E-state index is 12.7. The normalized spacial score (nSPS) is 15.2. The van der Waals surface area contributed by atoms with Gasteiger partial charge in [0.2, 0.25) is 5.91 Å². The third kappa shape index (κ3) is 3.95. The Balaban J connectivity index is 1.34. The molecule has 2 aromatic heterocycles. The molecule has 0 atom stereocenters. The second kappa shape index (κ2) is 7.80. The van der Waals surface area contributed by atoms with E-state index in [1.807, 2.05) is 35.4 Å². The molecule has 0 bridgehead atoms. The smallest absolute Gasteiger partial charge is 0.227 e. The summed E-state index contributed by atoms with van der Waals surface area (Å²) in [5.41, 5.74) is 2.88. The van der Waals surface area contributed by atoms with Crippen LogP contribution < -0.4 is 4.74 Å². The molecule has 3 heterocycles. The first-order valence-electron chi connectivity index (χ1n) is 9.16. The van der Waals surface area contributed by atoms with Crippen molar-refractivity contribution in [3.05, 3.63) is 60.1 Å². The Morgan fingerprint density at radius 3 is 2.81 bits per heavy atom. The highest BCUT2D eigenvalue weighted by molar-refractivity contribution is 5.88. The highest BCUT2D eigenvalue weighted by Crippen LogP contribution is 2.26. The summed E-state index contributed by atoms with van der Waals surface area (Å²) in [6, 6.07) is 9.74. The van der Waals surface area contributed by atoms with Crippen LogP contribution in [0, 0.1) is 0 Å². The molecule has 27 heavy (non-hydrogen) atoms. The molecule has 0 unspecified atom stereocenters. The molecule has 1 amide bonds. The van der Waals surface area contributed by atoms with Gasteiger partial charge < -0.3 is 14.1 Å². The van der Waals surface area contributed by atoms with E-state index in [2.05, 4.69) is 16.0 Å². The molecule has 1 saturated heterocycles. The molecule has 4 rings (SSSR count). The lowest BCUT2D eigenvalue weighted by Gasteiger charge is -2.34. The molecule has 0 spiro atoms. The first-order chi connectivity index (χ1) is 13.2. The first-order valence-corrected chi connectivity index (χ1v) is 9.16. The average molecular weight is 365 g/mol. The van der Waals surface area contributed by atoms with Gasteiger partial charge in [-0.1, -0.05) is 6.07 Å². The number of hydrogen-bond donors (Lipinski definition) is 0. The van der Waals surface area contributed by atoms with Crippen LogP contribution in [0.3, 0.4) is 0 Å². The fourth-order valence-electron chi connectivity index (χ4n) is 3.51. The maximum Gasteiger partial charge on any atom is 0.227 e. The van der Waals surface area contributed by atoms with Crippen molar-refractivity contribution in [3.63, 3.8) is 0 Å². The molecule has 0 N–H and O–H groups in total. The van der Waals surface area contributed by atoms with E-state index in [9.17, 15) is 4.79 Å². The number of hydrogen-bond acceptors (Lipinski definition) is 5. The largest absolute Gasteiger partial charge is 0.497 e. The second-order valence-corrected chi connectivity index (χ2v) is 6.82. The van der Waals surface area contributed by atoms with E-state index in [4.69, 9.17) is 9.15 Å². The number of pyridine rings is 1. The van der Waals surface area contributed by atoms with Gasteiger partial charge in [0, 0.05) is 62.1 Å². The quantitative estimate of drug-likeness (QED) is 0.696. The minimum absolute atomic E-state index is 0.148. The Bertz CT molecular complexity index is 915. The van der Waals surface area contributed by atoms with Crippen LogP contribution in [-0.2, 0) is 17.8 Å². The number of rotatable bonds is 5. The minimum atomic E-state index is 0.148. The standard InChI is InChI=1S/C21H23N3O3/c1-26-18-4-5-19-17(15-27-20(19)12-18)11-21(25)24-9-7-23(8-10-24)14-16-3-2-6-22-13-16/h2-6,12-13,15H,7-11,14H2,1H3. The van der Waals surface area contributed by atoms with E-state index < -0.39 is 0 Å². The van der Waals surface area contributed by atoms with Crippen molar-refractivity contribution < 1.29 is 13.9 Å². The van der Waals surface area contributed by atoms with E-state index in [1.54, 1.807) is 19.6 Å². The third-order valence-electron chi connectivity index (χ3n) is 5.06. The molecule has 1 fully saturated rings. The van der Waals surface area contributed by atoms with Gasteiger partial charge in [0.1, 0.15) is 11.3 Å². The van der Waals surface area contributed by atoms with E-state index in [-0.39, 0.29) is 5.91 Å². The summed E-state index contributed by atoms with van der Waals surface area (Å²) < 4.78 is 10.8. The Morgan fingerprint density at radius 1 is 1.22 bits per heavy atom. The van der Waals surface area contributed by atoms with Crippen LogP contribution in [0.25, 0.3) is 11.0 Å². The van der Waals surface area contributed by atoms with Crippen LogP contribution in [0.1, 0.15) is 11.1 Å². The summed E-state index contributed by atoms with van der Waals surface area (Å²) in [6.45, 7) is 4.14. The topological polar surface area (TPSA) is 58.8 Å². The number of benzene rings is 1. The Morgan fingerprint density at radius 2 is 2.07 bits per heavy atom. The van der Waals surface area contributed by atoms with Gasteiger partial charge >= 0.3 is 0 Å². The third-order valence-corrected chi connectivity index (χ3v) is 5.06. The molecule has 1 aliphatic rings. The van der Waals surface area contributed by atoms with E-state index in [0.29, 0.717) is 6.42 Å². The summed E-state index contributed by atoms with van der Waals surface area (Å²) in [5.74, 6) is 0.897. The molecule has 0 aliphatic carbocycles. The first kappa shape index (κ1) is 17.5. The number of furan rings is 1. The van der Waals surface area contributed by atoms with Crippen LogP contribution in [0.2, 0.25) is 0 Å². The zero-order valence-corrected chi connectivity index (χ0v) is 15.4. The zero-order valence-electron chi connectivity index (χ0n) is 15.4. The molecular weight excluding hydrogens is 342 g/mol. The summed E-state index contributed by atoms with van der Waals surface area (Å²) in [6.07, 6.45) is 5.73. The fourth-order valence-corrected chi connectivity index (χ4v) is 3.51. The maximum absolute atomic E-state index is 12.7. The Labute approximate surface area is 158 Å². The lowest BCUT2D eigenvalue weighted by atomic mass is 10.1. The molecule has 6 nitrogen and oxygen atoms in total. The molecule has 0 saturated carbocycles. The molecule has 140 valence electrons. The number of carbonyl (C=O) groups is 1. The van der Waals surface area contributed by atoms with Crippen LogP contribution in [-0.4, -0.2) is 54.0 Å². The van der Waals surface area contributed by atoms with Crippen LogP contribution in [0.4, 0.5) is 0 Å². The highest BCUT2D eigenvalue weighted by Gasteiger charge is 2.22. The van der Waals surface area contributed by atoms with Crippen molar-refractivity contribution in [2.24, 2.45) is 0 Å². The van der Waals surface area contributed by atoms with Crippen molar-refractivity contribution in [2.45, 2.75) is 13.0 Å². The fraction of sp³-hybridized carbons (Fsp3) is 0.333. The lowest BCUT2D eigenvalue weighted by molar-refractivity contribution is -0.132. The van der Waals surface area contributed by atoms with Crippen LogP contribution >= 0.6 is 0 Å². The molecule has 0 radical (unpaired) electrons. The predicted octanol–water partition coefficient (Wildman–Crippen LogP) is 2.72. The van der Waals surface area contributed by atoms with E-state index in [1.165, 1.54) is 5.56 Å². The van der Waals surface area contributed by atoms with Crippen molar-refractivity contribution in [1.82, 2.24) is 14.8 Å². The van der Waals surface area contributed by atoms with Gasteiger partial charge in [0.15, 0.2) is 0 Å². The van der Waals surface area contributed by atoms with Gasteiger partial charge in [0.05, 0.1) is 19.8 Å². The molecular formula is C21H23N3O3. The van der Waals surface area contributed by atoms with Gasteiger partial charge in [-0.05, 0) is 23.8 Å².